The van der Waals surface area contributed by atoms with Crippen molar-refractivity contribution in [1.82, 2.24) is 5.32 Å². The highest BCUT2D eigenvalue weighted by atomic mass is 31.2. The van der Waals surface area contributed by atoms with Crippen LogP contribution in [-0.4, -0.2) is 40.9 Å². The van der Waals surface area contributed by atoms with Crippen molar-refractivity contribution in [2.75, 3.05) is 13.2 Å². The van der Waals surface area contributed by atoms with Crippen LogP contribution in [0, 0.1) is 0 Å². The van der Waals surface area contributed by atoms with Gasteiger partial charge in [-0.3, -0.25) is 18.9 Å². The molecular weight excluding hydrogens is 581 g/mol. The standard InChI is InChI=1S/C34H28NO8P/c1-3-42-44(41,43-4-2)34(28-22-12-7-5-10-19(22)16-20-11-6-8-13-23(20)28)35-33(40)21-17-25-30(27(37)18-21)32(39)29-24(31(25)38)14-9-15-26(29)36/h5-18,34,36-37H,3-4H2,1-2H3,(H,35,40). The zero-order chi connectivity index (χ0) is 31.2. The second kappa shape index (κ2) is 11.4. The summed E-state index contributed by atoms with van der Waals surface area (Å²) in [7, 11) is -4.08. The van der Waals surface area contributed by atoms with E-state index in [1.54, 1.807) is 13.8 Å². The topological polar surface area (TPSA) is 139 Å². The van der Waals surface area contributed by atoms with Gasteiger partial charge in [0.1, 0.15) is 11.5 Å². The maximum Gasteiger partial charge on any atom is 0.357 e. The van der Waals surface area contributed by atoms with E-state index in [2.05, 4.69) is 5.32 Å². The molecule has 0 radical (unpaired) electrons. The maximum atomic E-state index is 14.5. The summed E-state index contributed by atoms with van der Waals surface area (Å²) >= 11 is 0. The fourth-order valence-electron chi connectivity index (χ4n) is 5.82. The molecule has 0 aliphatic heterocycles. The minimum absolute atomic E-state index is 0.0366. The Bertz CT molecular complexity index is 1990. The fourth-order valence-corrected chi connectivity index (χ4v) is 7.78. The summed E-state index contributed by atoms with van der Waals surface area (Å²) < 4.78 is 26.0. The van der Waals surface area contributed by atoms with Gasteiger partial charge in [0.25, 0.3) is 5.91 Å². The number of hydrogen-bond donors (Lipinski definition) is 3. The minimum Gasteiger partial charge on any atom is -0.507 e. The number of fused-ring (bicyclic) bond motifs is 4. The molecule has 1 aliphatic carbocycles. The Morgan fingerprint density at radius 2 is 1.34 bits per heavy atom. The van der Waals surface area contributed by atoms with Gasteiger partial charge >= 0.3 is 7.60 Å². The van der Waals surface area contributed by atoms with Crippen LogP contribution >= 0.6 is 7.60 Å². The van der Waals surface area contributed by atoms with Crippen molar-refractivity contribution >= 4 is 46.6 Å². The molecule has 0 spiro atoms. The van der Waals surface area contributed by atoms with E-state index in [0.29, 0.717) is 5.56 Å². The molecule has 1 aliphatic rings. The summed E-state index contributed by atoms with van der Waals surface area (Å²) in [5.41, 5.74) is -0.392. The Morgan fingerprint density at radius 1 is 0.750 bits per heavy atom. The lowest BCUT2D eigenvalue weighted by Gasteiger charge is -2.29. The number of nitrogens with one attached hydrogen (secondary N) is 1. The molecule has 0 saturated heterocycles. The number of carbonyl (C=O) groups excluding carboxylic acids is 3. The molecule has 3 N–H and O–H groups in total. The van der Waals surface area contributed by atoms with Gasteiger partial charge in [0.05, 0.1) is 24.3 Å². The Hall–Kier alpha value is -4.82. The van der Waals surface area contributed by atoms with Gasteiger partial charge in [0.15, 0.2) is 11.6 Å². The zero-order valence-corrected chi connectivity index (χ0v) is 24.8. The summed E-state index contributed by atoms with van der Waals surface area (Å²) in [5.74, 6) is -4.45. The number of hydrogen-bond acceptors (Lipinski definition) is 8. The Labute approximate surface area is 252 Å². The first-order valence-corrected chi connectivity index (χ1v) is 15.7. The Balaban J connectivity index is 1.52. The number of ketones is 2. The van der Waals surface area contributed by atoms with E-state index in [4.69, 9.17) is 9.05 Å². The summed E-state index contributed by atoms with van der Waals surface area (Å²) in [6, 6.07) is 23.4. The molecule has 5 aromatic rings. The quantitative estimate of drug-likeness (QED) is 0.125. The van der Waals surface area contributed by atoms with E-state index < -0.39 is 36.6 Å². The fraction of sp³-hybridized carbons (Fsp3) is 0.147. The van der Waals surface area contributed by atoms with Crippen molar-refractivity contribution in [1.29, 1.82) is 0 Å². The van der Waals surface area contributed by atoms with Gasteiger partial charge in [0.2, 0.25) is 5.78 Å². The normalized spacial score (nSPS) is 13.5. The molecule has 0 saturated carbocycles. The smallest absolute Gasteiger partial charge is 0.357 e. The summed E-state index contributed by atoms with van der Waals surface area (Å²) in [6.45, 7) is 3.42. The predicted molar refractivity (Wildman–Crippen MR) is 166 cm³/mol. The first kappa shape index (κ1) is 29.3. The second-order valence-corrected chi connectivity index (χ2v) is 12.4. The largest absolute Gasteiger partial charge is 0.507 e. The van der Waals surface area contributed by atoms with Gasteiger partial charge in [-0.2, -0.15) is 0 Å². The number of phenolic OH excluding ortho intramolecular Hbond substituents is 2. The number of benzene rings is 5. The van der Waals surface area contributed by atoms with Crippen LogP contribution in [-0.2, 0) is 13.6 Å². The number of carbonyl (C=O) groups is 3. The summed E-state index contributed by atoms with van der Waals surface area (Å²) in [4.78, 5) is 40.6. The second-order valence-electron chi connectivity index (χ2n) is 10.3. The van der Waals surface area contributed by atoms with Crippen molar-refractivity contribution in [2.24, 2.45) is 0 Å². The number of phenols is 2. The third-order valence-electron chi connectivity index (χ3n) is 7.65. The number of aromatic hydroxyl groups is 2. The van der Waals surface area contributed by atoms with E-state index in [0.717, 1.165) is 27.6 Å². The molecule has 0 heterocycles. The molecule has 9 nitrogen and oxygen atoms in total. The highest BCUT2D eigenvalue weighted by molar-refractivity contribution is 7.54. The molecule has 1 unspecified atom stereocenters. The van der Waals surface area contributed by atoms with Crippen molar-refractivity contribution in [3.8, 4) is 11.5 Å². The first-order chi connectivity index (χ1) is 21.2. The Kier molecular flexibility index (Phi) is 7.55. The molecule has 6 rings (SSSR count). The zero-order valence-electron chi connectivity index (χ0n) is 23.9. The van der Waals surface area contributed by atoms with Gasteiger partial charge in [-0.1, -0.05) is 60.7 Å². The average molecular weight is 610 g/mol. The van der Waals surface area contributed by atoms with Crippen molar-refractivity contribution in [3.05, 3.63) is 118 Å². The van der Waals surface area contributed by atoms with E-state index >= 15 is 0 Å². The molecular formula is C34H28NO8P. The van der Waals surface area contributed by atoms with Gasteiger partial charge < -0.3 is 24.6 Å². The number of rotatable bonds is 8. The molecule has 5 aromatic carbocycles. The average Bonchev–Trinajstić information content (AvgIpc) is 3.01. The van der Waals surface area contributed by atoms with Crippen LogP contribution in [0.3, 0.4) is 0 Å². The number of amides is 1. The van der Waals surface area contributed by atoms with Gasteiger partial charge in [-0.25, -0.2) is 0 Å². The highest BCUT2D eigenvalue weighted by Crippen LogP contribution is 2.61. The van der Waals surface area contributed by atoms with Crippen molar-refractivity contribution in [3.63, 3.8) is 0 Å². The van der Waals surface area contributed by atoms with E-state index in [9.17, 15) is 29.2 Å². The molecule has 0 aromatic heterocycles. The summed E-state index contributed by atoms with van der Waals surface area (Å²) in [6.07, 6.45) is 0. The van der Waals surface area contributed by atoms with Gasteiger partial charge in [0, 0.05) is 22.3 Å². The van der Waals surface area contributed by atoms with Crippen LogP contribution in [0.25, 0.3) is 21.5 Å². The SMILES string of the molecule is CCOP(=O)(OCC)C(NC(=O)c1cc(O)c2c(c1)C(=O)c1cccc(O)c1C2=O)c1c2ccccc2cc2ccccc12. The monoisotopic (exact) mass is 609 g/mol. The van der Waals surface area contributed by atoms with Crippen LogP contribution < -0.4 is 5.32 Å². The van der Waals surface area contributed by atoms with Crippen LogP contribution in [0.2, 0.25) is 0 Å². The molecule has 222 valence electrons. The van der Waals surface area contributed by atoms with Crippen LogP contribution in [0.1, 0.15) is 67.4 Å². The lowest BCUT2D eigenvalue weighted by Crippen LogP contribution is -2.31. The molecule has 44 heavy (non-hydrogen) atoms. The van der Waals surface area contributed by atoms with Crippen molar-refractivity contribution in [2.45, 2.75) is 19.6 Å². The molecule has 10 heteroatoms. The van der Waals surface area contributed by atoms with Crippen LogP contribution in [0.4, 0.5) is 0 Å². The molecule has 1 amide bonds. The Morgan fingerprint density at radius 3 is 1.95 bits per heavy atom. The van der Waals surface area contributed by atoms with E-state index in [1.165, 1.54) is 24.3 Å². The minimum atomic E-state index is -4.08. The van der Waals surface area contributed by atoms with Crippen LogP contribution in [0.5, 0.6) is 11.5 Å². The lowest BCUT2D eigenvalue weighted by molar-refractivity contribution is 0.0935. The highest BCUT2D eigenvalue weighted by Gasteiger charge is 2.41. The third kappa shape index (κ3) is 4.75. The predicted octanol–water partition coefficient (Wildman–Crippen LogP) is 6.87. The molecule has 0 fully saturated rings. The molecule has 1 atom stereocenters. The van der Waals surface area contributed by atoms with E-state index in [1.807, 2.05) is 54.6 Å². The van der Waals surface area contributed by atoms with Crippen molar-refractivity contribution < 1.29 is 38.2 Å². The van der Waals surface area contributed by atoms with Gasteiger partial charge in [-0.15, -0.1) is 0 Å². The van der Waals surface area contributed by atoms with Gasteiger partial charge in [-0.05, 0) is 59.7 Å². The molecule has 0 bridgehead atoms. The van der Waals surface area contributed by atoms with E-state index in [-0.39, 0.29) is 46.8 Å². The summed E-state index contributed by atoms with van der Waals surface area (Å²) in [5, 5.41) is 27.1. The first-order valence-electron chi connectivity index (χ1n) is 14.1. The van der Waals surface area contributed by atoms with Crippen LogP contribution in [0.15, 0.2) is 84.9 Å². The lowest BCUT2D eigenvalue weighted by atomic mass is 9.82. The third-order valence-corrected chi connectivity index (χ3v) is 9.91. The maximum absolute atomic E-state index is 14.5.